The molecule has 0 unspecified atom stereocenters. The Hall–Kier alpha value is -1.39. The smallest absolute Gasteiger partial charge is 0.302 e. The first-order valence-electron chi connectivity index (χ1n) is 3.93. The van der Waals surface area contributed by atoms with Gasteiger partial charge in [-0.3, -0.25) is 15.1 Å². The van der Waals surface area contributed by atoms with Crippen LogP contribution >= 0.6 is 0 Å². The van der Waals surface area contributed by atoms with Crippen molar-refractivity contribution in [3.05, 3.63) is 22.0 Å². The molecule has 0 aromatic rings. The maximum Gasteiger partial charge on any atom is 0.302 e. The highest BCUT2D eigenvalue weighted by atomic mass is 16.6. The van der Waals surface area contributed by atoms with Crippen molar-refractivity contribution in [2.24, 2.45) is 16.1 Å². The number of hydrogen-bond acceptors (Lipinski definition) is 4. The van der Waals surface area contributed by atoms with Crippen molar-refractivity contribution in [2.45, 2.75) is 20.8 Å². The van der Waals surface area contributed by atoms with Gasteiger partial charge in [0.2, 0.25) is 0 Å². The molecule has 0 saturated carbocycles. The van der Waals surface area contributed by atoms with Gasteiger partial charge in [-0.15, -0.1) is 0 Å². The molecule has 0 amide bonds. The Kier molecular flexibility index (Phi) is 4.10. The van der Waals surface area contributed by atoms with Crippen LogP contribution in [-0.4, -0.2) is 17.7 Å². The lowest BCUT2D eigenvalue weighted by atomic mass is 9.97. The van der Waals surface area contributed by atoms with E-state index in [9.17, 15) is 10.1 Å². The van der Waals surface area contributed by atoms with Crippen LogP contribution in [-0.2, 0) is 0 Å². The van der Waals surface area contributed by atoms with E-state index in [0.717, 1.165) is 6.20 Å². The first kappa shape index (κ1) is 11.6. The second kappa shape index (κ2) is 4.59. The predicted molar refractivity (Wildman–Crippen MR) is 52.1 cm³/mol. The zero-order chi connectivity index (χ0) is 10.5. The van der Waals surface area contributed by atoms with Gasteiger partial charge in [0.1, 0.15) is 6.21 Å². The Labute approximate surface area is 77.5 Å². The van der Waals surface area contributed by atoms with Crippen molar-refractivity contribution in [3.8, 4) is 0 Å². The second-order valence-corrected chi connectivity index (χ2v) is 3.88. The summed E-state index contributed by atoms with van der Waals surface area (Å²) >= 11 is 0. The molecule has 0 aromatic carbocycles. The molecule has 0 heterocycles. The van der Waals surface area contributed by atoms with Crippen LogP contribution < -0.4 is 5.73 Å². The first-order chi connectivity index (χ1) is 5.87. The summed E-state index contributed by atoms with van der Waals surface area (Å²) in [5, 5.41) is 10.3. The number of nitrogens with zero attached hydrogens (tertiary/aromatic N) is 2. The number of hydrogen-bond donors (Lipinski definition) is 1. The van der Waals surface area contributed by atoms with Gasteiger partial charge in [0.25, 0.3) is 0 Å². The van der Waals surface area contributed by atoms with Gasteiger partial charge in [-0.2, -0.15) is 0 Å². The SMILES string of the molecule is CC(C)(C)CN=CC(=CN)[N+](=O)[O-]. The van der Waals surface area contributed by atoms with Crippen LogP contribution in [0.25, 0.3) is 0 Å². The normalized spacial score (nSPS) is 13.6. The molecule has 0 radical (unpaired) electrons. The molecule has 0 aromatic heterocycles. The van der Waals surface area contributed by atoms with E-state index in [4.69, 9.17) is 5.73 Å². The molecule has 0 aliphatic heterocycles. The molecule has 0 aliphatic carbocycles. The molecule has 0 bridgehead atoms. The summed E-state index contributed by atoms with van der Waals surface area (Å²) in [6.45, 7) is 6.55. The number of aliphatic imine (C=N–C) groups is 1. The van der Waals surface area contributed by atoms with Crippen LogP contribution in [0.3, 0.4) is 0 Å². The first-order valence-corrected chi connectivity index (χ1v) is 3.93. The van der Waals surface area contributed by atoms with Gasteiger partial charge in [-0.1, -0.05) is 20.8 Å². The largest absolute Gasteiger partial charge is 0.399 e. The van der Waals surface area contributed by atoms with E-state index >= 15 is 0 Å². The van der Waals surface area contributed by atoms with Crippen LogP contribution in [0.2, 0.25) is 0 Å². The Morgan fingerprint density at radius 1 is 1.62 bits per heavy atom. The highest BCUT2D eigenvalue weighted by Crippen LogP contribution is 2.12. The lowest BCUT2D eigenvalue weighted by Crippen LogP contribution is -2.10. The third-order valence-electron chi connectivity index (χ3n) is 1.17. The van der Waals surface area contributed by atoms with Crippen LogP contribution in [0.1, 0.15) is 20.8 Å². The Bertz CT molecular complexity index is 238. The van der Waals surface area contributed by atoms with Crippen LogP contribution in [0.5, 0.6) is 0 Å². The zero-order valence-corrected chi connectivity index (χ0v) is 8.15. The van der Waals surface area contributed by atoms with E-state index in [1.54, 1.807) is 0 Å². The number of allylic oxidation sites excluding steroid dienone is 1. The molecular weight excluding hydrogens is 170 g/mol. The fourth-order valence-corrected chi connectivity index (χ4v) is 0.564. The van der Waals surface area contributed by atoms with Crippen molar-refractivity contribution in [2.75, 3.05) is 6.54 Å². The Morgan fingerprint density at radius 2 is 2.15 bits per heavy atom. The van der Waals surface area contributed by atoms with E-state index in [2.05, 4.69) is 4.99 Å². The minimum atomic E-state index is -0.563. The predicted octanol–water partition coefficient (Wildman–Crippen LogP) is 1.18. The summed E-state index contributed by atoms with van der Waals surface area (Å²) in [7, 11) is 0. The molecule has 0 saturated heterocycles. The molecule has 0 rings (SSSR count). The molecule has 5 nitrogen and oxygen atoms in total. The minimum Gasteiger partial charge on any atom is -0.399 e. The van der Waals surface area contributed by atoms with E-state index < -0.39 is 4.92 Å². The number of nitrogens with two attached hydrogens (primary N) is 1. The average molecular weight is 185 g/mol. The summed E-state index contributed by atoms with van der Waals surface area (Å²) in [5.74, 6) is 0. The van der Waals surface area contributed by atoms with Gasteiger partial charge in [-0.05, 0) is 5.41 Å². The summed E-state index contributed by atoms with van der Waals surface area (Å²) in [6, 6.07) is 0. The van der Waals surface area contributed by atoms with Gasteiger partial charge in [0.05, 0.1) is 11.1 Å². The maximum absolute atomic E-state index is 10.3. The summed E-state index contributed by atoms with van der Waals surface area (Å²) in [5.41, 5.74) is 4.89. The third-order valence-corrected chi connectivity index (χ3v) is 1.17. The minimum absolute atomic E-state index is 0.0345. The molecule has 0 fully saturated rings. The topological polar surface area (TPSA) is 81.5 Å². The standard InChI is InChI=1S/C8H15N3O2/c1-8(2,3)6-10-5-7(4-9)11(12)13/h4-5H,6,9H2,1-3H3. The molecule has 0 spiro atoms. The zero-order valence-electron chi connectivity index (χ0n) is 8.15. The Balaban J connectivity index is 4.20. The van der Waals surface area contributed by atoms with E-state index in [1.807, 2.05) is 20.8 Å². The summed E-state index contributed by atoms with van der Waals surface area (Å²) in [4.78, 5) is 13.6. The van der Waals surface area contributed by atoms with Crippen molar-refractivity contribution in [1.82, 2.24) is 0 Å². The lowest BCUT2D eigenvalue weighted by Gasteiger charge is -2.13. The average Bonchev–Trinajstić information content (AvgIpc) is 1.95. The molecule has 13 heavy (non-hydrogen) atoms. The van der Waals surface area contributed by atoms with Crippen molar-refractivity contribution >= 4 is 6.21 Å². The molecule has 0 aliphatic rings. The summed E-state index contributed by atoms with van der Waals surface area (Å²) in [6.07, 6.45) is 2.12. The van der Waals surface area contributed by atoms with E-state index in [0.29, 0.717) is 6.54 Å². The van der Waals surface area contributed by atoms with E-state index in [-0.39, 0.29) is 11.1 Å². The Morgan fingerprint density at radius 3 is 2.46 bits per heavy atom. The molecular formula is C8H15N3O2. The second-order valence-electron chi connectivity index (χ2n) is 3.88. The lowest BCUT2D eigenvalue weighted by molar-refractivity contribution is -0.414. The highest BCUT2D eigenvalue weighted by Gasteiger charge is 2.09. The monoisotopic (exact) mass is 185 g/mol. The van der Waals surface area contributed by atoms with Gasteiger partial charge in [-0.25, -0.2) is 0 Å². The summed E-state index contributed by atoms with van der Waals surface area (Å²) < 4.78 is 0. The van der Waals surface area contributed by atoms with Crippen molar-refractivity contribution in [3.63, 3.8) is 0 Å². The van der Waals surface area contributed by atoms with Gasteiger partial charge in [0, 0.05) is 6.54 Å². The fraction of sp³-hybridized carbons (Fsp3) is 0.625. The number of nitro groups is 1. The highest BCUT2D eigenvalue weighted by molar-refractivity contribution is 5.75. The van der Waals surface area contributed by atoms with Crippen molar-refractivity contribution < 1.29 is 4.92 Å². The third kappa shape index (κ3) is 5.84. The molecule has 0 atom stereocenters. The van der Waals surface area contributed by atoms with Gasteiger partial charge >= 0.3 is 5.70 Å². The van der Waals surface area contributed by atoms with Crippen LogP contribution in [0.4, 0.5) is 0 Å². The molecule has 2 N–H and O–H groups in total. The van der Waals surface area contributed by atoms with Crippen LogP contribution in [0, 0.1) is 15.5 Å². The molecule has 74 valence electrons. The fourth-order valence-electron chi connectivity index (χ4n) is 0.564. The van der Waals surface area contributed by atoms with Crippen LogP contribution in [0.15, 0.2) is 16.9 Å². The quantitative estimate of drug-likeness (QED) is 0.407. The van der Waals surface area contributed by atoms with Gasteiger partial charge in [0.15, 0.2) is 0 Å². The maximum atomic E-state index is 10.3. The van der Waals surface area contributed by atoms with Gasteiger partial charge < -0.3 is 5.73 Å². The van der Waals surface area contributed by atoms with E-state index in [1.165, 1.54) is 6.21 Å². The van der Waals surface area contributed by atoms with Crippen molar-refractivity contribution in [1.29, 1.82) is 0 Å². The molecule has 5 heteroatoms. The number of rotatable bonds is 3.